The Kier molecular flexibility index (Phi) is 3.59. The van der Waals surface area contributed by atoms with Gasteiger partial charge in [0.05, 0.1) is 5.75 Å². The molecule has 2 rings (SSSR count). The lowest BCUT2D eigenvalue weighted by atomic mass is 9.70. The van der Waals surface area contributed by atoms with Crippen molar-refractivity contribution in [1.82, 2.24) is 4.72 Å². The van der Waals surface area contributed by atoms with Gasteiger partial charge in [0.25, 0.3) is 0 Å². The molecule has 2 saturated carbocycles. The first-order chi connectivity index (χ1) is 8.64. The molecule has 2 bridgehead atoms. The van der Waals surface area contributed by atoms with Crippen LogP contribution in [0.3, 0.4) is 0 Å². The summed E-state index contributed by atoms with van der Waals surface area (Å²) >= 11 is 0. The first-order valence-corrected chi connectivity index (χ1v) is 8.83. The van der Waals surface area contributed by atoms with Gasteiger partial charge in [0.2, 0.25) is 10.0 Å². The van der Waals surface area contributed by atoms with E-state index >= 15 is 0 Å². The number of ketones is 1. The van der Waals surface area contributed by atoms with Crippen molar-refractivity contribution in [2.75, 3.05) is 5.75 Å². The van der Waals surface area contributed by atoms with Crippen molar-refractivity contribution >= 4 is 15.8 Å². The number of Topliss-reactive ketones (excluding diaryl/α,β-unsaturated/α-hetero) is 1. The highest BCUT2D eigenvalue weighted by atomic mass is 32.2. The van der Waals surface area contributed by atoms with Crippen molar-refractivity contribution < 1.29 is 13.2 Å². The van der Waals surface area contributed by atoms with E-state index in [1.54, 1.807) is 0 Å². The van der Waals surface area contributed by atoms with Gasteiger partial charge in [0.1, 0.15) is 5.78 Å². The summed E-state index contributed by atoms with van der Waals surface area (Å²) in [6.45, 7) is 7.93. The fourth-order valence-electron chi connectivity index (χ4n) is 3.86. The third kappa shape index (κ3) is 2.25. The van der Waals surface area contributed by atoms with Gasteiger partial charge in [-0.1, -0.05) is 20.8 Å². The van der Waals surface area contributed by atoms with Crippen LogP contribution in [-0.2, 0) is 14.8 Å². The van der Waals surface area contributed by atoms with Crippen molar-refractivity contribution in [2.45, 2.75) is 59.4 Å². The summed E-state index contributed by atoms with van der Waals surface area (Å²) in [6.07, 6.45) is 3.03. The van der Waals surface area contributed by atoms with Gasteiger partial charge in [0.15, 0.2) is 0 Å². The minimum atomic E-state index is -3.39. The summed E-state index contributed by atoms with van der Waals surface area (Å²) in [4.78, 5) is 12.3. The molecule has 0 amide bonds. The molecule has 0 spiro atoms. The van der Waals surface area contributed by atoms with E-state index < -0.39 is 15.4 Å². The molecule has 110 valence electrons. The zero-order valence-corrected chi connectivity index (χ0v) is 13.1. The SMILES string of the molecule is CC[C@@H](C)NS(=O)(=O)C[C@@]12CC[C@@H](CC1=O)C2(C)C. The highest BCUT2D eigenvalue weighted by Gasteiger charge is 2.65. The summed E-state index contributed by atoms with van der Waals surface area (Å²) in [5, 5.41) is 0. The fraction of sp³-hybridized carbons (Fsp3) is 0.929. The summed E-state index contributed by atoms with van der Waals surface area (Å²) in [6, 6.07) is -0.0711. The quantitative estimate of drug-likeness (QED) is 0.842. The van der Waals surface area contributed by atoms with Crippen LogP contribution in [0.4, 0.5) is 0 Å². The van der Waals surface area contributed by atoms with Crippen LogP contribution in [0.2, 0.25) is 0 Å². The molecule has 2 fully saturated rings. The standard InChI is InChI=1S/C14H25NO3S/c1-5-10(2)15-19(17,18)9-14-7-6-11(8-12(14)16)13(14,3)4/h10-11,15H,5-9H2,1-4H3/t10-,11+,14+/m1/s1. The van der Waals surface area contributed by atoms with Crippen LogP contribution in [-0.4, -0.2) is 26.0 Å². The number of hydrogen-bond donors (Lipinski definition) is 1. The monoisotopic (exact) mass is 287 g/mol. The van der Waals surface area contributed by atoms with E-state index in [0.29, 0.717) is 12.3 Å². The Morgan fingerprint density at radius 2 is 2.05 bits per heavy atom. The van der Waals surface area contributed by atoms with Crippen LogP contribution in [0.25, 0.3) is 0 Å². The molecule has 0 aliphatic heterocycles. The van der Waals surface area contributed by atoms with Gasteiger partial charge in [-0.15, -0.1) is 0 Å². The fourth-order valence-corrected chi connectivity index (χ4v) is 6.05. The van der Waals surface area contributed by atoms with Crippen molar-refractivity contribution in [3.63, 3.8) is 0 Å². The first kappa shape index (κ1) is 15.0. The van der Waals surface area contributed by atoms with E-state index in [1.807, 2.05) is 13.8 Å². The van der Waals surface area contributed by atoms with Crippen LogP contribution in [0.5, 0.6) is 0 Å². The molecule has 3 atom stereocenters. The smallest absolute Gasteiger partial charge is 0.212 e. The van der Waals surface area contributed by atoms with Crippen LogP contribution in [0, 0.1) is 16.7 Å². The number of rotatable bonds is 5. The second-order valence-electron chi connectivity index (χ2n) is 6.85. The van der Waals surface area contributed by atoms with Crippen molar-refractivity contribution in [3.05, 3.63) is 0 Å². The van der Waals surface area contributed by atoms with Crippen molar-refractivity contribution in [3.8, 4) is 0 Å². The average Bonchev–Trinajstić information content (AvgIpc) is 2.61. The Bertz CT molecular complexity index is 483. The van der Waals surface area contributed by atoms with Crippen LogP contribution < -0.4 is 4.72 Å². The maximum Gasteiger partial charge on any atom is 0.212 e. The number of carbonyl (C=O) groups is 1. The number of carbonyl (C=O) groups excluding carboxylic acids is 1. The predicted octanol–water partition coefficient (Wildman–Crippen LogP) is 2.10. The summed E-state index contributed by atoms with van der Waals surface area (Å²) in [5.41, 5.74) is -0.842. The zero-order chi connectivity index (χ0) is 14.5. The number of hydrogen-bond acceptors (Lipinski definition) is 3. The number of nitrogens with one attached hydrogen (secondary N) is 1. The second-order valence-corrected chi connectivity index (χ2v) is 8.61. The lowest BCUT2D eigenvalue weighted by Gasteiger charge is -2.36. The molecule has 0 aromatic carbocycles. The van der Waals surface area contributed by atoms with Crippen molar-refractivity contribution in [2.24, 2.45) is 16.7 Å². The van der Waals surface area contributed by atoms with Gasteiger partial charge >= 0.3 is 0 Å². The van der Waals surface area contributed by atoms with E-state index in [9.17, 15) is 13.2 Å². The maximum atomic E-state index is 12.3. The van der Waals surface area contributed by atoms with Gasteiger partial charge in [-0.2, -0.15) is 0 Å². The van der Waals surface area contributed by atoms with E-state index in [4.69, 9.17) is 0 Å². The summed E-state index contributed by atoms with van der Waals surface area (Å²) in [5.74, 6) is 0.481. The van der Waals surface area contributed by atoms with E-state index in [0.717, 1.165) is 19.3 Å². The molecule has 5 heteroatoms. The average molecular weight is 287 g/mol. The number of fused-ring (bicyclic) bond motifs is 2. The normalized spacial score (nSPS) is 34.7. The molecule has 0 radical (unpaired) electrons. The molecular weight excluding hydrogens is 262 g/mol. The summed E-state index contributed by atoms with van der Waals surface area (Å²) in [7, 11) is -3.39. The highest BCUT2D eigenvalue weighted by Crippen LogP contribution is 2.64. The molecule has 0 aromatic rings. The van der Waals surface area contributed by atoms with E-state index in [-0.39, 0.29) is 23.0 Å². The summed E-state index contributed by atoms with van der Waals surface area (Å²) < 4.78 is 27.3. The Hall–Kier alpha value is -0.420. The molecule has 0 unspecified atom stereocenters. The molecule has 2 aliphatic rings. The Morgan fingerprint density at radius 3 is 2.47 bits per heavy atom. The molecule has 4 nitrogen and oxygen atoms in total. The minimum Gasteiger partial charge on any atom is -0.299 e. The number of sulfonamides is 1. The van der Waals surface area contributed by atoms with Crippen molar-refractivity contribution in [1.29, 1.82) is 0 Å². The largest absolute Gasteiger partial charge is 0.299 e. The maximum absolute atomic E-state index is 12.3. The molecule has 2 aliphatic carbocycles. The van der Waals surface area contributed by atoms with Crippen LogP contribution in [0.15, 0.2) is 0 Å². The van der Waals surface area contributed by atoms with E-state index in [2.05, 4.69) is 18.6 Å². The first-order valence-electron chi connectivity index (χ1n) is 7.18. The van der Waals surface area contributed by atoms with Gasteiger partial charge in [-0.05, 0) is 37.5 Å². The molecule has 1 N–H and O–H groups in total. The predicted molar refractivity (Wildman–Crippen MR) is 75.2 cm³/mol. The second kappa shape index (κ2) is 4.55. The molecule has 0 saturated heterocycles. The molecule has 0 aromatic heterocycles. The van der Waals surface area contributed by atoms with Crippen LogP contribution in [0.1, 0.15) is 53.4 Å². The molecule has 0 heterocycles. The Labute approximate surface area is 116 Å². The third-order valence-corrected chi connectivity index (χ3v) is 7.20. The topological polar surface area (TPSA) is 63.2 Å². The van der Waals surface area contributed by atoms with Crippen LogP contribution >= 0.6 is 0 Å². The van der Waals surface area contributed by atoms with E-state index in [1.165, 1.54) is 0 Å². The van der Waals surface area contributed by atoms with Gasteiger partial charge in [-0.3, -0.25) is 4.79 Å². The Morgan fingerprint density at radius 1 is 1.42 bits per heavy atom. The van der Waals surface area contributed by atoms with Gasteiger partial charge < -0.3 is 0 Å². The minimum absolute atomic E-state index is 0.0350. The van der Waals surface area contributed by atoms with Gasteiger partial charge in [0, 0.05) is 17.9 Å². The molecule has 19 heavy (non-hydrogen) atoms. The van der Waals surface area contributed by atoms with Gasteiger partial charge in [-0.25, -0.2) is 13.1 Å². The molecular formula is C14H25NO3S. The zero-order valence-electron chi connectivity index (χ0n) is 12.3. The third-order valence-electron chi connectivity index (χ3n) is 5.57. The lowest BCUT2D eigenvalue weighted by molar-refractivity contribution is -0.128. The Balaban J connectivity index is 2.24. The lowest BCUT2D eigenvalue weighted by Crippen LogP contribution is -2.46. The highest BCUT2D eigenvalue weighted by molar-refractivity contribution is 7.89.